The van der Waals surface area contributed by atoms with E-state index in [9.17, 15) is 4.79 Å². The van der Waals surface area contributed by atoms with Gasteiger partial charge in [-0.05, 0) is 31.2 Å². The lowest BCUT2D eigenvalue weighted by Gasteiger charge is -2.22. The molecule has 0 bridgehead atoms. The van der Waals surface area contributed by atoms with E-state index in [0.29, 0.717) is 5.88 Å². The first-order valence-electron chi connectivity index (χ1n) is 7.47. The van der Waals surface area contributed by atoms with E-state index in [4.69, 9.17) is 11.6 Å². The minimum atomic E-state index is 0.131. The number of carbonyl (C=O) groups is 1. The molecule has 5 heteroatoms. The smallest absolute Gasteiger partial charge is 0.253 e. The quantitative estimate of drug-likeness (QED) is 0.797. The zero-order valence-electron chi connectivity index (χ0n) is 12.9. The van der Waals surface area contributed by atoms with E-state index < -0.39 is 0 Å². The van der Waals surface area contributed by atoms with Crippen LogP contribution in [0.3, 0.4) is 0 Å². The molecule has 0 spiro atoms. The Morgan fingerprint density at radius 3 is 2.76 bits per heavy atom. The predicted octanol–water partition coefficient (Wildman–Crippen LogP) is 2.14. The van der Waals surface area contributed by atoms with Gasteiger partial charge in [0, 0.05) is 57.4 Å². The maximum absolute atomic E-state index is 12.7. The number of carbonyl (C=O) groups excluding carboxylic acids is 1. The second kappa shape index (κ2) is 7.66. The van der Waals surface area contributed by atoms with Crippen molar-refractivity contribution in [1.29, 1.82) is 0 Å². The van der Waals surface area contributed by atoms with Crippen LogP contribution in [0.25, 0.3) is 0 Å². The van der Waals surface area contributed by atoms with Crippen LogP contribution in [0.1, 0.15) is 16.8 Å². The molecule has 4 nitrogen and oxygen atoms in total. The highest BCUT2D eigenvalue weighted by molar-refractivity contribution is 6.18. The molecule has 0 unspecified atom stereocenters. The van der Waals surface area contributed by atoms with Gasteiger partial charge < -0.3 is 14.7 Å². The van der Waals surface area contributed by atoms with Gasteiger partial charge in [0.05, 0.1) is 0 Å². The highest BCUT2D eigenvalue weighted by Gasteiger charge is 2.20. The summed E-state index contributed by atoms with van der Waals surface area (Å²) in [5.74, 6) is 0.783. The highest BCUT2D eigenvalue weighted by atomic mass is 35.5. The average molecular weight is 310 g/mol. The van der Waals surface area contributed by atoms with Gasteiger partial charge in [0.2, 0.25) is 0 Å². The maximum Gasteiger partial charge on any atom is 0.253 e. The van der Waals surface area contributed by atoms with Crippen LogP contribution in [-0.4, -0.2) is 68.4 Å². The van der Waals surface area contributed by atoms with Crippen molar-refractivity contribution >= 4 is 23.2 Å². The second-order valence-electron chi connectivity index (χ2n) is 5.62. The lowest BCUT2D eigenvalue weighted by molar-refractivity contribution is 0.0762. The molecule has 1 aliphatic heterocycles. The first-order chi connectivity index (χ1) is 10.1. The molecule has 1 aromatic rings. The van der Waals surface area contributed by atoms with Gasteiger partial charge in [-0.15, -0.1) is 11.6 Å². The van der Waals surface area contributed by atoms with Crippen molar-refractivity contribution in [3.63, 3.8) is 0 Å². The molecule has 116 valence electrons. The molecule has 0 radical (unpaired) electrons. The van der Waals surface area contributed by atoms with Crippen molar-refractivity contribution < 1.29 is 4.79 Å². The van der Waals surface area contributed by atoms with Crippen molar-refractivity contribution in [3.05, 3.63) is 29.8 Å². The molecule has 0 N–H and O–H groups in total. The van der Waals surface area contributed by atoms with E-state index in [1.807, 2.05) is 48.2 Å². The molecule has 1 aromatic carbocycles. The summed E-state index contributed by atoms with van der Waals surface area (Å²) in [7, 11) is 3.97. The van der Waals surface area contributed by atoms with Crippen LogP contribution in [0.4, 0.5) is 5.69 Å². The highest BCUT2D eigenvalue weighted by Crippen LogP contribution is 2.16. The van der Waals surface area contributed by atoms with E-state index in [2.05, 4.69) is 4.90 Å². The molecule has 1 amide bonds. The van der Waals surface area contributed by atoms with Gasteiger partial charge in [0.15, 0.2) is 0 Å². The Morgan fingerprint density at radius 1 is 1.24 bits per heavy atom. The van der Waals surface area contributed by atoms with Crippen LogP contribution in [-0.2, 0) is 0 Å². The molecular weight excluding hydrogens is 286 g/mol. The van der Waals surface area contributed by atoms with Crippen LogP contribution in [0, 0.1) is 0 Å². The number of benzene rings is 1. The minimum Gasteiger partial charge on any atom is -0.378 e. The number of hydrogen-bond donors (Lipinski definition) is 0. The average Bonchev–Trinajstić information content (AvgIpc) is 2.73. The fourth-order valence-corrected chi connectivity index (χ4v) is 2.86. The van der Waals surface area contributed by atoms with E-state index in [-0.39, 0.29) is 5.91 Å². The van der Waals surface area contributed by atoms with Gasteiger partial charge >= 0.3 is 0 Å². The lowest BCUT2D eigenvalue weighted by Crippen LogP contribution is -2.35. The SMILES string of the molecule is CN(C)c1cccc(C(=O)N2CCCN(CCCl)CC2)c1. The summed E-state index contributed by atoms with van der Waals surface area (Å²) in [6, 6.07) is 7.82. The fraction of sp³-hybridized carbons (Fsp3) is 0.562. The molecule has 1 aliphatic rings. The fourth-order valence-electron chi connectivity index (χ4n) is 2.62. The number of hydrogen-bond acceptors (Lipinski definition) is 3. The van der Waals surface area contributed by atoms with E-state index in [1.54, 1.807) is 0 Å². The van der Waals surface area contributed by atoms with Crippen molar-refractivity contribution in [2.24, 2.45) is 0 Å². The first-order valence-corrected chi connectivity index (χ1v) is 8.00. The molecule has 0 aliphatic carbocycles. The summed E-state index contributed by atoms with van der Waals surface area (Å²) in [6.45, 7) is 4.44. The molecule has 21 heavy (non-hydrogen) atoms. The number of halogens is 1. The third-order valence-electron chi connectivity index (χ3n) is 3.89. The number of alkyl halides is 1. The molecular formula is C16H24ClN3O. The van der Waals surface area contributed by atoms with Crippen LogP contribution in [0.2, 0.25) is 0 Å². The summed E-state index contributed by atoms with van der Waals surface area (Å²) in [5, 5.41) is 0. The van der Waals surface area contributed by atoms with E-state index in [1.165, 1.54) is 0 Å². The maximum atomic E-state index is 12.7. The van der Waals surface area contributed by atoms with Crippen LogP contribution >= 0.6 is 11.6 Å². The van der Waals surface area contributed by atoms with Crippen molar-refractivity contribution in [2.75, 3.05) is 57.6 Å². The molecule has 0 aromatic heterocycles. The first kappa shape index (κ1) is 16.1. The summed E-state index contributed by atoms with van der Waals surface area (Å²) >= 11 is 5.80. The number of anilines is 1. The van der Waals surface area contributed by atoms with E-state index >= 15 is 0 Å². The summed E-state index contributed by atoms with van der Waals surface area (Å²) < 4.78 is 0. The number of amides is 1. The van der Waals surface area contributed by atoms with Gasteiger partial charge in [0.25, 0.3) is 5.91 Å². The lowest BCUT2D eigenvalue weighted by atomic mass is 10.1. The van der Waals surface area contributed by atoms with Gasteiger partial charge in [-0.3, -0.25) is 4.79 Å². The Kier molecular flexibility index (Phi) is 5.88. The Labute approximate surface area is 132 Å². The van der Waals surface area contributed by atoms with Gasteiger partial charge in [-0.2, -0.15) is 0 Å². The molecule has 1 saturated heterocycles. The van der Waals surface area contributed by atoms with Crippen molar-refractivity contribution in [1.82, 2.24) is 9.80 Å². The zero-order valence-corrected chi connectivity index (χ0v) is 13.6. The Morgan fingerprint density at radius 2 is 2.05 bits per heavy atom. The zero-order chi connectivity index (χ0) is 15.2. The largest absolute Gasteiger partial charge is 0.378 e. The molecule has 0 saturated carbocycles. The summed E-state index contributed by atoms with van der Waals surface area (Å²) in [4.78, 5) is 19.0. The van der Waals surface area contributed by atoms with Crippen LogP contribution in [0.5, 0.6) is 0 Å². The number of nitrogens with zero attached hydrogens (tertiary/aromatic N) is 3. The topological polar surface area (TPSA) is 26.8 Å². The Balaban J connectivity index is 2.04. The Bertz CT molecular complexity index is 478. The monoisotopic (exact) mass is 309 g/mol. The summed E-state index contributed by atoms with van der Waals surface area (Å²) in [6.07, 6.45) is 1.01. The standard InChI is InChI=1S/C16H24ClN3O/c1-18(2)15-6-3-5-14(13-15)16(21)20-9-4-8-19(10-7-17)11-12-20/h3,5-6,13H,4,7-12H2,1-2H3. The van der Waals surface area contributed by atoms with Crippen LogP contribution in [0.15, 0.2) is 24.3 Å². The Hall–Kier alpha value is -1.26. The molecule has 0 atom stereocenters. The molecule has 2 rings (SSSR count). The molecule has 1 fully saturated rings. The molecule has 1 heterocycles. The van der Waals surface area contributed by atoms with Crippen molar-refractivity contribution in [2.45, 2.75) is 6.42 Å². The minimum absolute atomic E-state index is 0.131. The van der Waals surface area contributed by atoms with Crippen LogP contribution < -0.4 is 4.90 Å². The summed E-state index contributed by atoms with van der Waals surface area (Å²) in [5.41, 5.74) is 1.83. The van der Waals surface area contributed by atoms with Crippen molar-refractivity contribution in [3.8, 4) is 0 Å². The predicted molar refractivity (Wildman–Crippen MR) is 88.4 cm³/mol. The second-order valence-corrected chi connectivity index (χ2v) is 6.00. The number of rotatable bonds is 4. The van der Waals surface area contributed by atoms with Gasteiger partial charge in [-0.25, -0.2) is 0 Å². The third-order valence-corrected chi connectivity index (χ3v) is 4.06. The van der Waals surface area contributed by atoms with E-state index in [0.717, 1.165) is 50.4 Å². The third kappa shape index (κ3) is 4.35. The normalized spacial score (nSPS) is 16.6. The van der Waals surface area contributed by atoms with Gasteiger partial charge in [-0.1, -0.05) is 6.07 Å². The van der Waals surface area contributed by atoms with Gasteiger partial charge in [0.1, 0.15) is 0 Å².